The van der Waals surface area contributed by atoms with Gasteiger partial charge in [0.25, 0.3) is 0 Å². The lowest BCUT2D eigenvalue weighted by Crippen LogP contribution is -2.48. The number of carboxylic acids is 2. The van der Waals surface area contributed by atoms with Crippen molar-refractivity contribution in [3.63, 3.8) is 0 Å². The van der Waals surface area contributed by atoms with Gasteiger partial charge in [0.2, 0.25) is 0 Å². The summed E-state index contributed by atoms with van der Waals surface area (Å²) < 4.78 is 0. The van der Waals surface area contributed by atoms with E-state index in [1.807, 2.05) is 0 Å². The zero-order valence-corrected chi connectivity index (χ0v) is 11.0. The number of hydrogen-bond acceptors (Lipinski definition) is 2. The van der Waals surface area contributed by atoms with Crippen LogP contribution >= 0.6 is 0 Å². The molecule has 104 valence electrons. The lowest BCUT2D eigenvalue weighted by molar-refractivity contribution is -0.136. The summed E-state index contributed by atoms with van der Waals surface area (Å²) in [6, 6.07) is 0. The molecule has 0 aromatic carbocycles. The predicted molar refractivity (Wildman–Crippen MR) is 68.6 cm³/mol. The summed E-state index contributed by atoms with van der Waals surface area (Å²) in [6.45, 7) is 0. The topological polar surface area (TPSA) is 74.6 Å². The Bertz CT molecular complexity index is 414. The van der Waals surface area contributed by atoms with Crippen molar-refractivity contribution in [2.24, 2.45) is 23.2 Å². The van der Waals surface area contributed by atoms with E-state index in [4.69, 9.17) is 5.11 Å². The van der Waals surface area contributed by atoms with E-state index in [2.05, 4.69) is 0 Å². The van der Waals surface area contributed by atoms with Crippen LogP contribution in [0.2, 0.25) is 0 Å². The minimum absolute atomic E-state index is 0.177. The lowest BCUT2D eigenvalue weighted by atomic mass is 9.47. The molecule has 19 heavy (non-hydrogen) atoms. The van der Waals surface area contributed by atoms with Gasteiger partial charge in [-0.25, -0.2) is 4.79 Å². The first-order valence-corrected chi connectivity index (χ1v) is 7.14. The molecule has 0 saturated heterocycles. The van der Waals surface area contributed by atoms with Gasteiger partial charge in [0.05, 0.1) is 6.42 Å². The van der Waals surface area contributed by atoms with Crippen LogP contribution in [-0.4, -0.2) is 22.2 Å². The molecule has 0 aromatic rings. The van der Waals surface area contributed by atoms with Crippen LogP contribution in [0.25, 0.3) is 0 Å². The van der Waals surface area contributed by atoms with Gasteiger partial charge in [-0.2, -0.15) is 0 Å². The van der Waals surface area contributed by atoms with Gasteiger partial charge in [-0.15, -0.1) is 0 Å². The third-order valence-electron chi connectivity index (χ3n) is 5.32. The van der Waals surface area contributed by atoms with E-state index in [-0.39, 0.29) is 11.8 Å². The molecule has 4 heteroatoms. The average Bonchev–Trinajstić information content (AvgIpc) is 2.25. The second-order valence-corrected chi connectivity index (χ2v) is 6.72. The molecular formula is C15H20O4. The highest BCUT2D eigenvalue weighted by Gasteiger charge is 2.53. The van der Waals surface area contributed by atoms with Crippen LogP contribution in [0.4, 0.5) is 0 Å². The number of carbonyl (C=O) groups is 2. The molecule has 0 spiro atoms. The summed E-state index contributed by atoms with van der Waals surface area (Å²) in [4.78, 5) is 22.3. The summed E-state index contributed by atoms with van der Waals surface area (Å²) in [5, 5.41) is 18.3. The Morgan fingerprint density at radius 1 is 1.00 bits per heavy atom. The Kier molecular flexibility index (Phi) is 2.91. The van der Waals surface area contributed by atoms with E-state index >= 15 is 0 Å². The highest BCUT2D eigenvalue weighted by Crippen LogP contribution is 2.62. The number of hydrogen-bond donors (Lipinski definition) is 2. The van der Waals surface area contributed by atoms with Gasteiger partial charge in [0.1, 0.15) is 0 Å². The van der Waals surface area contributed by atoms with Crippen molar-refractivity contribution in [2.45, 2.75) is 44.9 Å². The Balaban J connectivity index is 1.91. The van der Waals surface area contributed by atoms with Crippen molar-refractivity contribution in [3.05, 3.63) is 11.6 Å². The summed E-state index contributed by atoms with van der Waals surface area (Å²) in [6.07, 6.45) is 7.91. The maximum Gasteiger partial charge on any atom is 0.331 e. The first-order chi connectivity index (χ1) is 8.98. The normalized spacial score (nSPS) is 40.4. The van der Waals surface area contributed by atoms with Crippen LogP contribution in [0.1, 0.15) is 44.9 Å². The van der Waals surface area contributed by atoms with Crippen molar-refractivity contribution >= 4 is 11.9 Å². The van der Waals surface area contributed by atoms with Gasteiger partial charge in [-0.05, 0) is 56.3 Å². The van der Waals surface area contributed by atoms with Crippen molar-refractivity contribution in [1.82, 2.24) is 0 Å². The number of carboxylic acid groups (broad SMARTS) is 2. The van der Waals surface area contributed by atoms with E-state index in [1.54, 1.807) is 0 Å². The molecule has 0 heterocycles. The summed E-state index contributed by atoms with van der Waals surface area (Å²) in [5.74, 6) is 0.128. The Morgan fingerprint density at radius 2 is 1.47 bits per heavy atom. The van der Waals surface area contributed by atoms with E-state index in [0.717, 1.165) is 19.3 Å². The van der Waals surface area contributed by atoms with Gasteiger partial charge in [-0.3, -0.25) is 4.79 Å². The van der Waals surface area contributed by atoms with E-state index in [0.29, 0.717) is 23.3 Å². The quantitative estimate of drug-likeness (QED) is 0.765. The predicted octanol–water partition coefficient (Wildman–Crippen LogP) is 2.69. The smallest absolute Gasteiger partial charge is 0.331 e. The van der Waals surface area contributed by atoms with Crippen LogP contribution in [0.5, 0.6) is 0 Å². The molecule has 4 aliphatic carbocycles. The van der Waals surface area contributed by atoms with Gasteiger partial charge < -0.3 is 10.2 Å². The minimum atomic E-state index is -0.955. The molecule has 0 atom stereocenters. The minimum Gasteiger partial charge on any atom is -0.481 e. The van der Waals surface area contributed by atoms with E-state index in [1.165, 1.54) is 25.3 Å². The molecule has 4 aliphatic rings. The first-order valence-electron chi connectivity index (χ1n) is 7.14. The van der Waals surface area contributed by atoms with Crippen molar-refractivity contribution < 1.29 is 19.8 Å². The first kappa shape index (κ1) is 12.7. The monoisotopic (exact) mass is 264 g/mol. The molecule has 0 aromatic heterocycles. The zero-order valence-electron chi connectivity index (χ0n) is 11.0. The fourth-order valence-electron chi connectivity index (χ4n) is 5.16. The average molecular weight is 264 g/mol. The molecule has 0 unspecified atom stereocenters. The molecule has 2 N–H and O–H groups in total. The Morgan fingerprint density at radius 3 is 1.84 bits per heavy atom. The molecule has 4 fully saturated rings. The molecule has 4 bridgehead atoms. The van der Waals surface area contributed by atoms with Crippen molar-refractivity contribution in [2.75, 3.05) is 0 Å². The highest BCUT2D eigenvalue weighted by atomic mass is 16.4. The Labute approximate surface area is 112 Å². The maximum atomic E-state index is 11.6. The molecule has 0 radical (unpaired) electrons. The third-order valence-corrected chi connectivity index (χ3v) is 5.32. The number of aliphatic carboxylic acids is 2. The van der Waals surface area contributed by atoms with Crippen LogP contribution in [-0.2, 0) is 9.59 Å². The summed E-state index contributed by atoms with van der Waals surface area (Å²) >= 11 is 0. The molecular weight excluding hydrogens is 244 g/mol. The van der Waals surface area contributed by atoms with Crippen LogP contribution < -0.4 is 0 Å². The SMILES string of the molecule is O=C(O)C/C=C(\C(=O)O)C12CC3CC(CC(C3)C1)C2. The molecule has 4 rings (SSSR count). The van der Waals surface area contributed by atoms with Crippen molar-refractivity contribution in [1.29, 1.82) is 0 Å². The van der Waals surface area contributed by atoms with Crippen LogP contribution in [0.3, 0.4) is 0 Å². The number of rotatable bonds is 4. The Hall–Kier alpha value is -1.32. The largest absolute Gasteiger partial charge is 0.481 e. The molecule has 4 nitrogen and oxygen atoms in total. The van der Waals surface area contributed by atoms with E-state index in [9.17, 15) is 14.7 Å². The second kappa shape index (κ2) is 4.36. The summed E-state index contributed by atoms with van der Waals surface area (Å²) in [7, 11) is 0. The van der Waals surface area contributed by atoms with Gasteiger partial charge >= 0.3 is 11.9 Å². The highest BCUT2D eigenvalue weighted by molar-refractivity contribution is 5.89. The molecule has 0 aliphatic heterocycles. The van der Waals surface area contributed by atoms with Gasteiger partial charge in [-0.1, -0.05) is 6.08 Å². The summed E-state index contributed by atoms with van der Waals surface area (Å²) in [5.41, 5.74) is 0.157. The maximum absolute atomic E-state index is 11.6. The fourth-order valence-corrected chi connectivity index (χ4v) is 5.16. The lowest BCUT2D eigenvalue weighted by Gasteiger charge is -2.57. The molecule has 4 saturated carbocycles. The van der Waals surface area contributed by atoms with Crippen molar-refractivity contribution in [3.8, 4) is 0 Å². The van der Waals surface area contributed by atoms with Gasteiger partial charge in [0, 0.05) is 11.0 Å². The van der Waals surface area contributed by atoms with Gasteiger partial charge in [0.15, 0.2) is 0 Å². The fraction of sp³-hybridized carbons (Fsp3) is 0.733. The van der Waals surface area contributed by atoms with Crippen LogP contribution in [0, 0.1) is 23.2 Å². The van der Waals surface area contributed by atoms with E-state index < -0.39 is 11.9 Å². The van der Waals surface area contributed by atoms with Crippen LogP contribution in [0.15, 0.2) is 11.6 Å². The zero-order chi connectivity index (χ0) is 13.6. The molecule has 0 amide bonds. The second-order valence-electron chi connectivity index (χ2n) is 6.72. The third kappa shape index (κ3) is 2.17. The standard InChI is InChI=1S/C15H20O4/c16-13(17)2-1-12(14(18)19)15-6-9-3-10(7-15)5-11(4-9)8-15/h1,9-11H,2-8H2,(H,16,17)(H,18,19)/b12-1+.